The van der Waals surface area contributed by atoms with Crippen molar-refractivity contribution in [2.75, 3.05) is 11.4 Å². The number of rotatable bonds is 3. The van der Waals surface area contributed by atoms with E-state index in [4.69, 9.17) is 14.2 Å². The maximum absolute atomic E-state index is 7.01. The summed E-state index contributed by atoms with van der Waals surface area (Å²) in [7, 11) is 0. The Kier molecular flexibility index (Phi) is 7.19. The van der Waals surface area contributed by atoms with Crippen LogP contribution in [0.3, 0.4) is 0 Å². The van der Waals surface area contributed by atoms with Gasteiger partial charge in [0.05, 0.1) is 16.8 Å². The van der Waals surface area contributed by atoms with E-state index in [1.807, 2.05) is 0 Å². The topological polar surface area (TPSA) is 43.0 Å². The van der Waals surface area contributed by atoms with E-state index in [1.54, 1.807) is 0 Å². The van der Waals surface area contributed by atoms with Crippen LogP contribution in [0, 0.1) is 5.92 Å². The molecule has 4 aliphatic heterocycles. The lowest BCUT2D eigenvalue weighted by Gasteiger charge is -2.48. The zero-order valence-electron chi connectivity index (χ0n) is 29.8. The lowest BCUT2D eigenvalue weighted by Crippen LogP contribution is -2.44. The highest BCUT2D eigenvalue weighted by Crippen LogP contribution is 2.61. The van der Waals surface area contributed by atoms with Crippen LogP contribution in [-0.4, -0.2) is 12.6 Å². The first-order chi connectivity index (χ1) is 26.3. The Balaban J connectivity index is 1.04. The lowest BCUT2D eigenvalue weighted by atomic mass is 9.59. The Labute approximate surface area is 311 Å². The third kappa shape index (κ3) is 4.73. The van der Waals surface area contributed by atoms with Crippen molar-refractivity contribution in [2.45, 2.75) is 62.3 Å². The van der Waals surface area contributed by atoms with Gasteiger partial charge in [-0.2, -0.15) is 0 Å². The van der Waals surface area contributed by atoms with Gasteiger partial charge in [-0.15, -0.1) is 0 Å². The Morgan fingerprint density at radius 1 is 0.679 bits per heavy atom. The number of fused-ring (bicyclic) bond motifs is 7. The molecule has 53 heavy (non-hydrogen) atoms. The minimum Gasteiger partial charge on any atom is -0.461 e. The SMILES string of the molecule is C1=CC2=C(CC1)N(c1ccccc1)c1cccc(C3C=CC4=C(C3)Oc3ccccc3C43C4=C(CC(C5CCCCN5)C=C4)Oc4ccccc43)c1O2. The van der Waals surface area contributed by atoms with Crippen LogP contribution in [0.2, 0.25) is 0 Å². The van der Waals surface area contributed by atoms with Crippen LogP contribution in [0.25, 0.3) is 0 Å². The zero-order valence-corrected chi connectivity index (χ0v) is 29.8. The average molecular weight is 695 g/mol. The van der Waals surface area contributed by atoms with Gasteiger partial charge >= 0.3 is 0 Å². The predicted molar refractivity (Wildman–Crippen MR) is 209 cm³/mol. The minimum absolute atomic E-state index is 0.0607. The van der Waals surface area contributed by atoms with E-state index in [0.29, 0.717) is 12.0 Å². The first-order valence-corrected chi connectivity index (χ1v) is 19.4. The summed E-state index contributed by atoms with van der Waals surface area (Å²) in [6.07, 6.45) is 21.3. The van der Waals surface area contributed by atoms with Gasteiger partial charge in [-0.25, -0.2) is 0 Å². The van der Waals surface area contributed by atoms with Crippen LogP contribution in [0.1, 0.15) is 67.6 Å². The average Bonchev–Trinajstić information content (AvgIpc) is 3.22. The van der Waals surface area contributed by atoms with E-state index in [9.17, 15) is 0 Å². The third-order valence-electron chi connectivity index (χ3n) is 12.4. The summed E-state index contributed by atoms with van der Waals surface area (Å²) < 4.78 is 20.8. The molecule has 5 heteroatoms. The van der Waals surface area contributed by atoms with Crippen molar-refractivity contribution < 1.29 is 14.2 Å². The molecule has 3 aliphatic carbocycles. The van der Waals surface area contributed by atoms with Crippen LogP contribution in [0.15, 0.2) is 168 Å². The van der Waals surface area contributed by atoms with E-state index in [1.165, 1.54) is 52.8 Å². The monoisotopic (exact) mass is 694 g/mol. The molecule has 0 aromatic heterocycles. The van der Waals surface area contributed by atoms with Crippen LogP contribution < -0.4 is 24.4 Å². The number of nitrogens with one attached hydrogen (secondary N) is 1. The normalized spacial score (nSPS) is 26.4. The van der Waals surface area contributed by atoms with Crippen molar-refractivity contribution in [1.29, 1.82) is 0 Å². The van der Waals surface area contributed by atoms with Crippen molar-refractivity contribution in [2.24, 2.45) is 5.92 Å². The highest BCUT2D eigenvalue weighted by Gasteiger charge is 2.53. The van der Waals surface area contributed by atoms with Gasteiger partial charge in [-0.1, -0.05) is 104 Å². The van der Waals surface area contributed by atoms with Crippen LogP contribution in [-0.2, 0) is 5.41 Å². The Bertz CT molecular complexity index is 2330. The van der Waals surface area contributed by atoms with Crippen molar-refractivity contribution >= 4 is 11.4 Å². The molecule has 4 aromatic rings. The second-order valence-corrected chi connectivity index (χ2v) is 15.3. The molecule has 1 N–H and O–H groups in total. The van der Waals surface area contributed by atoms with Gasteiger partial charge in [-0.3, -0.25) is 0 Å². The van der Waals surface area contributed by atoms with E-state index in [0.717, 1.165) is 78.1 Å². The molecule has 0 bridgehead atoms. The second kappa shape index (κ2) is 12.3. The number of anilines is 2. The first-order valence-electron chi connectivity index (χ1n) is 19.4. The van der Waals surface area contributed by atoms with Crippen molar-refractivity contribution in [1.82, 2.24) is 5.32 Å². The minimum atomic E-state index is -0.555. The number of benzene rings is 4. The third-order valence-corrected chi connectivity index (χ3v) is 12.4. The molecule has 1 spiro atoms. The van der Waals surface area contributed by atoms with Gasteiger partial charge in [0.25, 0.3) is 0 Å². The Morgan fingerprint density at radius 2 is 1.42 bits per heavy atom. The molecule has 0 amide bonds. The van der Waals surface area contributed by atoms with Gasteiger partial charge in [0.2, 0.25) is 0 Å². The first kappa shape index (κ1) is 31.0. The summed E-state index contributed by atoms with van der Waals surface area (Å²) in [4.78, 5) is 2.40. The fourth-order valence-corrected chi connectivity index (χ4v) is 10.0. The summed E-state index contributed by atoms with van der Waals surface area (Å²) in [5.74, 6) is 6.26. The molecule has 1 fully saturated rings. The van der Waals surface area contributed by atoms with Gasteiger partial charge in [0.15, 0.2) is 5.75 Å². The van der Waals surface area contributed by atoms with E-state index in [-0.39, 0.29) is 5.92 Å². The predicted octanol–water partition coefficient (Wildman–Crippen LogP) is 10.8. The van der Waals surface area contributed by atoms with Gasteiger partial charge in [-0.05, 0) is 74.6 Å². The van der Waals surface area contributed by atoms with Crippen molar-refractivity contribution in [3.63, 3.8) is 0 Å². The Morgan fingerprint density at radius 3 is 2.19 bits per heavy atom. The molecule has 4 atom stereocenters. The molecule has 5 nitrogen and oxygen atoms in total. The highest BCUT2D eigenvalue weighted by atomic mass is 16.5. The molecule has 4 unspecified atom stereocenters. The molecule has 4 heterocycles. The molecule has 262 valence electrons. The standard InChI is InChI=1S/C48H42N2O3/c1-2-13-33(14-3-1)50-40-19-6-9-23-44(40)53-47-34(15-12-20-41(47)50)31-24-26-37-45(29-31)51-42-21-7-4-16-35(42)48(37)36-17-5-8-22-43(36)52-46-30-32(25-27-38(46)48)39-18-10-11-28-49-39/h1-5,7-9,12-17,20-27,31-32,39,49H,6,10-11,18-19,28-30H2. The smallest absolute Gasteiger partial charge is 0.155 e. The molecular weight excluding hydrogens is 653 g/mol. The molecule has 4 aromatic carbocycles. The van der Waals surface area contributed by atoms with Crippen LogP contribution in [0.5, 0.6) is 17.2 Å². The second-order valence-electron chi connectivity index (χ2n) is 15.3. The largest absolute Gasteiger partial charge is 0.461 e. The van der Waals surface area contributed by atoms with Crippen LogP contribution in [0.4, 0.5) is 11.4 Å². The van der Waals surface area contributed by atoms with Gasteiger partial charge < -0.3 is 24.4 Å². The maximum atomic E-state index is 7.01. The number of nitrogens with zero attached hydrogens (tertiary/aromatic N) is 1. The fraction of sp³-hybridized carbons (Fsp3) is 0.250. The lowest BCUT2D eigenvalue weighted by molar-refractivity contribution is 0.280. The molecule has 11 rings (SSSR count). The van der Waals surface area contributed by atoms with E-state index >= 15 is 0 Å². The van der Waals surface area contributed by atoms with E-state index in [2.05, 4.69) is 144 Å². The van der Waals surface area contributed by atoms with Crippen molar-refractivity contribution in [3.8, 4) is 17.2 Å². The van der Waals surface area contributed by atoms with Gasteiger partial charge in [0.1, 0.15) is 28.8 Å². The molecular formula is C48H42N2O3. The number of allylic oxidation sites excluding steroid dienone is 10. The summed E-state index contributed by atoms with van der Waals surface area (Å²) in [6.45, 7) is 1.09. The summed E-state index contributed by atoms with van der Waals surface area (Å²) in [5, 5.41) is 3.82. The van der Waals surface area contributed by atoms with Gasteiger partial charge in [0, 0.05) is 58.3 Å². The maximum Gasteiger partial charge on any atom is 0.155 e. The quantitative estimate of drug-likeness (QED) is 0.231. The van der Waals surface area contributed by atoms with E-state index < -0.39 is 5.41 Å². The molecule has 0 saturated carbocycles. The molecule has 7 aliphatic rings. The Hall–Kier alpha value is -5.52. The van der Waals surface area contributed by atoms with Crippen LogP contribution >= 0.6 is 0 Å². The number of hydrogen-bond acceptors (Lipinski definition) is 5. The fourth-order valence-electron chi connectivity index (χ4n) is 10.0. The van der Waals surface area contributed by atoms with Crippen molar-refractivity contribution in [3.05, 3.63) is 184 Å². The summed E-state index contributed by atoms with van der Waals surface area (Å²) in [6, 6.07) is 35.1. The summed E-state index contributed by atoms with van der Waals surface area (Å²) >= 11 is 0. The molecule has 0 radical (unpaired) electrons. The number of hydrogen-bond donors (Lipinski definition) is 1. The number of para-hydroxylation sites is 4. The number of piperidine rings is 1. The highest BCUT2D eigenvalue weighted by molar-refractivity contribution is 5.79. The zero-order chi connectivity index (χ0) is 34.9. The molecule has 1 saturated heterocycles. The summed E-state index contributed by atoms with van der Waals surface area (Å²) in [5.41, 5.74) is 8.85. The number of ether oxygens (including phenoxy) is 3.